The first-order valence-electron chi connectivity index (χ1n) is 6.24. The molecule has 0 amide bonds. The first-order valence-corrected chi connectivity index (χ1v) is 7.73. The summed E-state index contributed by atoms with van der Waals surface area (Å²) in [6.07, 6.45) is 1.21. The predicted molar refractivity (Wildman–Crippen MR) is 76.5 cm³/mol. The van der Waals surface area contributed by atoms with Crippen LogP contribution in [0.25, 0.3) is 0 Å². The van der Waals surface area contributed by atoms with Gasteiger partial charge in [-0.05, 0) is 26.0 Å². The zero-order valence-electron chi connectivity index (χ0n) is 11.6. The molecule has 0 aliphatic carbocycles. The molecular formula is C13H15N3O4S. The van der Waals surface area contributed by atoms with Crippen molar-refractivity contribution in [1.29, 1.82) is 0 Å². The quantitative estimate of drug-likeness (QED) is 0.819. The minimum absolute atomic E-state index is 0.0707. The number of benzene rings is 1. The largest absolute Gasteiger partial charge is 0.462 e. The second-order valence-corrected chi connectivity index (χ2v) is 5.86. The molecular weight excluding hydrogens is 294 g/mol. The molecule has 0 saturated heterocycles. The smallest absolute Gasteiger partial charge is 0.340 e. The number of esters is 1. The summed E-state index contributed by atoms with van der Waals surface area (Å²) in [5.41, 5.74) is 0.308. The van der Waals surface area contributed by atoms with E-state index in [0.29, 0.717) is 5.82 Å². The van der Waals surface area contributed by atoms with E-state index in [2.05, 4.69) is 14.7 Å². The van der Waals surface area contributed by atoms with Crippen molar-refractivity contribution in [1.82, 2.24) is 9.97 Å². The van der Waals surface area contributed by atoms with E-state index in [-0.39, 0.29) is 22.9 Å². The summed E-state index contributed by atoms with van der Waals surface area (Å²) in [5, 5.41) is -0.0707. The molecule has 1 aromatic heterocycles. The highest BCUT2D eigenvalue weighted by Crippen LogP contribution is 2.20. The number of ether oxygens (including phenoxy) is 1. The van der Waals surface area contributed by atoms with Crippen LogP contribution in [0.1, 0.15) is 23.1 Å². The number of carbonyl (C=O) groups is 1. The molecule has 1 heterocycles. The van der Waals surface area contributed by atoms with E-state index < -0.39 is 16.0 Å². The average Bonchev–Trinajstić information content (AvgIpc) is 2.87. The third-order valence-electron chi connectivity index (χ3n) is 2.64. The standard InChI is InChI=1S/C13H15N3O4S/c1-3-20-13(17)10-6-4-5-7-11(10)16-21(18,19)12-8-14-9(2)15-12/h4-8,16H,3H2,1-2H3,(H,14,15). The van der Waals surface area contributed by atoms with E-state index in [1.54, 1.807) is 26.0 Å². The zero-order chi connectivity index (χ0) is 15.5. The summed E-state index contributed by atoms with van der Waals surface area (Å²) in [4.78, 5) is 18.3. The molecule has 0 unspecified atom stereocenters. The molecule has 2 aromatic rings. The lowest BCUT2D eigenvalue weighted by molar-refractivity contribution is 0.0527. The van der Waals surface area contributed by atoms with Gasteiger partial charge in [0.2, 0.25) is 0 Å². The number of nitrogens with zero attached hydrogens (tertiary/aromatic N) is 1. The van der Waals surface area contributed by atoms with Crippen LogP contribution in [-0.2, 0) is 14.8 Å². The lowest BCUT2D eigenvalue weighted by Crippen LogP contribution is -2.16. The Labute approximate surface area is 122 Å². The molecule has 112 valence electrons. The Balaban J connectivity index is 2.33. The van der Waals surface area contributed by atoms with Gasteiger partial charge in [-0.25, -0.2) is 9.78 Å². The summed E-state index contributed by atoms with van der Waals surface area (Å²) >= 11 is 0. The molecule has 7 nitrogen and oxygen atoms in total. The number of anilines is 1. The van der Waals surface area contributed by atoms with Gasteiger partial charge in [0.1, 0.15) is 5.82 Å². The van der Waals surface area contributed by atoms with Crippen LogP contribution in [0.15, 0.2) is 35.5 Å². The molecule has 2 N–H and O–H groups in total. The molecule has 0 spiro atoms. The molecule has 0 fully saturated rings. The first kappa shape index (κ1) is 15.0. The second-order valence-electron chi connectivity index (χ2n) is 4.20. The summed E-state index contributed by atoms with van der Waals surface area (Å²) in [5.74, 6) is -0.106. The number of imidazole rings is 1. The lowest BCUT2D eigenvalue weighted by Gasteiger charge is -2.10. The number of carbonyl (C=O) groups excluding carboxylic acids is 1. The Kier molecular flexibility index (Phi) is 4.27. The van der Waals surface area contributed by atoms with Crippen LogP contribution >= 0.6 is 0 Å². The van der Waals surface area contributed by atoms with Crippen LogP contribution in [-0.4, -0.2) is 31.0 Å². The van der Waals surface area contributed by atoms with E-state index in [1.807, 2.05) is 0 Å². The fourth-order valence-electron chi connectivity index (χ4n) is 1.69. The molecule has 2 rings (SSSR count). The van der Waals surface area contributed by atoms with Gasteiger partial charge in [0, 0.05) is 0 Å². The fraction of sp³-hybridized carbons (Fsp3) is 0.231. The number of aromatic amines is 1. The van der Waals surface area contributed by atoms with Crippen LogP contribution < -0.4 is 4.72 Å². The molecule has 21 heavy (non-hydrogen) atoms. The van der Waals surface area contributed by atoms with Crippen LogP contribution in [0.2, 0.25) is 0 Å². The molecule has 0 aliphatic heterocycles. The highest BCUT2D eigenvalue weighted by atomic mass is 32.2. The zero-order valence-corrected chi connectivity index (χ0v) is 12.4. The van der Waals surface area contributed by atoms with Gasteiger partial charge in [-0.15, -0.1) is 0 Å². The minimum atomic E-state index is -3.84. The number of aryl methyl sites for hydroxylation is 1. The maximum absolute atomic E-state index is 12.2. The highest BCUT2D eigenvalue weighted by Gasteiger charge is 2.20. The van der Waals surface area contributed by atoms with Crippen molar-refractivity contribution in [3.8, 4) is 0 Å². The summed E-state index contributed by atoms with van der Waals surface area (Å²) < 4.78 is 31.7. The number of H-pyrrole nitrogens is 1. The van der Waals surface area contributed by atoms with Crippen molar-refractivity contribution < 1.29 is 17.9 Å². The van der Waals surface area contributed by atoms with Gasteiger partial charge in [0.15, 0.2) is 5.03 Å². The fourth-order valence-corrected chi connectivity index (χ4v) is 2.74. The molecule has 0 saturated carbocycles. The Morgan fingerprint density at radius 2 is 2.10 bits per heavy atom. The van der Waals surface area contributed by atoms with Crippen LogP contribution in [0.3, 0.4) is 0 Å². The normalized spacial score (nSPS) is 11.1. The molecule has 1 aromatic carbocycles. The Bertz CT molecular complexity index is 752. The monoisotopic (exact) mass is 309 g/mol. The van der Waals surface area contributed by atoms with Crippen LogP contribution in [0, 0.1) is 6.92 Å². The third kappa shape index (κ3) is 3.40. The molecule has 8 heteroatoms. The molecule has 0 aliphatic rings. The van der Waals surface area contributed by atoms with E-state index >= 15 is 0 Å². The Morgan fingerprint density at radius 1 is 1.38 bits per heavy atom. The van der Waals surface area contributed by atoms with Gasteiger partial charge in [-0.1, -0.05) is 12.1 Å². The van der Waals surface area contributed by atoms with E-state index in [4.69, 9.17) is 4.74 Å². The topological polar surface area (TPSA) is 101 Å². The number of nitrogens with one attached hydrogen (secondary N) is 2. The number of hydrogen-bond donors (Lipinski definition) is 2. The predicted octanol–water partition coefficient (Wildman–Crippen LogP) is 1.70. The van der Waals surface area contributed by atoms with Crippen LogP contribution in [0.5, 0.6) is 0 Å². The summed E-state index contributed by atoms with van der Waals surface area (Å²) in [7, 11) is -3.84. The van der Waals surface area contributed by atoms with Gasteiger partial charge >= 0.3 is 5.97 Å². The molecule has 0 radical (unpaired) electrons. The van der Waals surface area contributed by atoms with Crippen molar-refractivity contribution in [3.63, 3.8) is 0 Å². The van der Waals surface area contributed by atoms with E-state index in [9.17, 15) is 13.2 Å². The Morgan fingerprint density at radius 3 is 2.71 bits per heavy atom. The molecule has 0 atom stereocenters. The van der Waals surface area contributed by atoms with Gasteiger partial charge in [0.25, 0.3) is 10.0 Å². The Hall–Kier alpha value is -2.35. The van der Waals surface area contributed by atoms with Crippen molar-refractivity contribution in [2.24, 2.45) is 0 Å². The van der Waals surface area contributed by atoms with Crippen molar-refractivity contribution in [2.45, 2.75) is 18.9 Å². The second kappa shape index (κ2) is 5.96. The number of hydrogen-bond acceptors (Lipinski definition) is 5. The summed E-state index contributed by atoms with van der Waals surface area (Å²) in [6, 6.07) is 6.24. The number of rotatable bonds is 5. The highest BCUT2D eigenvalue weighted by molar-refractivity contribution is 7.92. The first-order chi connectivity index (χ1) is 9.94. The van der Waals surface area contributed by atoms with Gasteiger partial charge in [-0.3, -0.25) is 4.72 Å². The van der Waals surface area contributed by atoms with Crippen molar-refractivity contribution in [2.75, 3.05) is 11.3 Å². The lowest BCUT2D eigenvalue weighted by atomic mass is 10.2. The number of para-hydroxylation sites is 1. The number of sulfonamides is 1. The van der Waals surface area contributed by atoms with E-state index in [0.717, 1.165) is 0 Å². The minimum Gasteiger partial charge on any atom is -0.462 e. The molecule has 0 bridgehead atoms. The van der Waals surface area contributed by atoms with Crippen molar-refractivity contribution in [3.05, 3.63) is 41.9 Å². The maximum Gasteiger partial charge on any atom is 0.340 e. The van der Waals surface area contributed by atoms with E-state index in [1.165, 1.54) is 18.3 Å². The van der Waals surface area contributed by atoms with Gasteiger partial charge in [-0.2, -0.15) is 8.42 Å². The number of aromatic nitrogens is 2. The van der Waals surface area contributed by atoms with Gasteiger partial charge < -0.3 is 9.72 Å². The average molecular weight is 309 g/mol. The third-order valence-corrected chi connectivity index (χ3v) is 3.91. The maximum atomic E-state index is 12.2. The van der Waals surface area contributed by atoms with Crippen molar-refractivity contribution >= 4 is 21.7 Å². The SMILES string of the molecule is CCOC(=O)c1ccccc1NS(=O)(=O)c1cnc(C)[nH]1. The van der Waals surface area contributed by atoms with Gasteiger partial charge in [0.05, 0.1) is 24.1 Å². The summed E-state index contributed by atoms with van der Waals surface area (Å²) in [6.45, 7) is 3.53. The van der Waals surface area contributed by atoms with Crippen LogP contribution in [0.4, 0.5) is 5.69 Å².